The molecule has 0 amide bonds. The maximum absolute atomic E-state index is 5.94. The molecule has 0 heterocycles. The molecule has 0 bridgehead atoms. The van der Waals surface area contributed by atoms with Crippen molar-refractivity contribution in [3.63, 3.8) is 0 Å². The van der Waals surface area contributed by atoms with Crippen LogP contribution in [-0.2, 0) is 6.54 Å². The molecule has 0 unspecified atom stereocenters. The van der Waals surface area contributed by atoms with Gasteiger partial charge in [-0.15, -0.1) is 0 Å². The number of hydrogen-bond donors (Lipinski definition) is 1. The third-order valence-electron chi connectivity index (χ3n) is 2.11. The molecule has 2 nitrogen and oxygen atoms in total. The summed E-state index contributed by atoms with van der Waals surface area (Å²) >= 11 is 5.94. The van der Waals surface area contributed by atoms with Crippen LogP contribution in [0, 0.1) is 5.92 Å². The van der Waals surface area contributed by atoms with Gasteiger partial charge in [0.1, 0.15) is 0 Å². The molecule has 84 valence electrons. The van der Waals surface area contributed by atoms with E-state index in [1.54, 1.807) is 6.07 Å². The molecule has 0 saturated heterocycles. The number of rotatable bonds is 4. The minimum Gasteiger partial charge on any atom is -0.399 e. The Morgan fingerprint density at radius 3 is 2.53 bits per heavy atom. The summed E-state index contributed by atoms with van der Waals surface area (Å²) in [4.78, 5) is 2.27. The van der Waals surface area contributed by atoms with Crippen molar-refractivity contribution in [1.82, 2.24) is 4.90 Å². The van der Waals surface area contributed by atoms with Crippen LogP contribution in [0.5, 0.6) is 0 Å². The highest BCUT2D eigenvalue weighted by atomic mass is 35.5. The van der Waals surface area contributed by atoms with E-state index in [1.165, 1.54) is 5.56 Å². The average Bonchev–Trinajstić information content (AvgIpc) is 1.98. The van der Waals surface area contributed by atoms with E-state index in [0.717, 1.165) is 18.8 Å². The van der Waals surface area contributed by atoms with Crippen molar-refractivity contribution in [3.8, 4) is 0 Å². The summed E-state index contributed by atoms with van der Waals surface area (Å²) in [5, 5.41) is 0.711. The summed E-state index contributed by atoms with van der Waals surface area (Å²) in [7, 11) is 2.11. The second kappa shape index (κ2) is 5.38. The quantitative estimate of drug-likeness (QED) is 0.800. The van der Waals surface area contributed by atoms with Gasteiger partial charge in [-0.2, -0.15) is 0 Å². The van der Waals surface area contributed by atoms with E-state index in [2.05, 4.69) is 25.8 Å². The standard InChI is InChI=1S/C12H19ClN2/c1-9(2)7-15(3)8-10-4-11(13)6-12(14)5-10/h4-6,9H,7-8,14H2,1-3H3. The molecule has 1 rings (SSSR count). The SMILES string of the molecule is CC(C)CN(C)Cc1cc(N)cc(Cl)c1. The molecule has 0 atom stereocenters. The molecule has 3 heteroatoms. The van der Waals surface area contributed by atoms with Crippen molar-refractivity contribution in [2.45, 2.75) is 20.4 Å². The number of anilines is 1. The van der Waals surface area contributed by atoms with E-state index < -0.39 is 0 Å². The highest BCUT2D eigenvalue weighted by molar-refractivity contribution is 6.30. The van der Waals surface area contributed by atoms with Gasteiger partial charge in [0.15, 0.2) is 0 Å². The molecule has 0 aliphatic rings. The Labute approximate surface area is 97.0 Å². The third kappa shape index (κ3) is 4.54. The van der Waals surface area contributed by atoms with Crippen LogP contribution in [0.1, 0.15) is 19.4 Å². The fourth-order valence-corrected chi connectivity index (χ4v) is 2.03. The summed E-state index contributed by atoms with van der Waals surface area (Å²) in [5.74, 6) is 0.673. The molecular weight excluding hydrogens is 208 g/mol. The number of nitrogens with zero attached hydrogens (tertiary/aromatic N) is 1. The largest absolute Gasteiger partial charge is 0.399 e. The van der Waals surface area contributed by atoms with E-state index in [1.807, 2.05) is 12.1 Å². The van der Waals surface area contributed by atoms with Crippen molar-refractivity contribution in [3.05, 3.63) is 28.8 Å². The number of nitrogen functional groups attached to an aromatic ring is 1. The topological polar surface area (TPSA) is 29.3 Å². The molecule has 0 fully saturated rings. The van der Waals surface area contributed by atoms with Gasteiger partial charge in [0.05, 0.1) is 0 Å². The van der Waals surface area contributed by atoms with Gasteiger partial charge in [0, 0.05) is 23.8 Å². The summed E-state index contributed by atoms with van der Waals surface area (Å²) < 4.78 is 0. The maximum Gasteiger partial charge on any atom is 0.0429 e. The Kier molecular flexibility index (Phi) is 4.43. The minimum atomic E-state index is 0.673. The van der Waals surface area contributed by atoms with E-state index in [4.69, 9.17) is 17.3 Å². The Balaban J connectivity index is 2.63. The molecule has 0 saturated carbocycles. The van der Waals surface area contributed by atoms with Gasteiger partial charge in [-0.05, 0) is 36.7 Å². The molecule has 0 aliphatic carbocycles. The van der Waals surface area contributed by atoms with Crippen LogP contribution in [0.4, 0.5) is 5.69 Å². The molecule has 15 heavy (non-hydrogen) atoms. The maximum atomic E-state index is 5.94. The smallest absolute Gasteiger partial charge is 0.0429 e. The van der Waals surface area contributed by atoms with Gasteiger partial charge < -0.3 is 10.6 Å². The van der Waals surface area contributed by atoms with Crippen molar-refractivity contribution in [1.29, 1.82) is 0 Å². The zero-order valence-corrected chi connectivity index (χ0v) is 10.4. The summed E-state index contributed by atoms with van der Waals surface area (Å²) in [5.41, 5.74) is 7.63. The van der Waals surface area contributed by atoms with Crippen molar-refractivity contribution in [2.75, 3.05) is 19.3 Å². The van der Waals surface area contributed by atoms with Crippen molar-refractivity contribution in [2.24, 2.45) is 5.92 Å². The highest BCUT2D eigenvalue weighted by Crippen LogP contribution is 2.17. The Bertz CT molecular complexity index is 303. The number of nitrogens with two attached hydrogens (primary N) is 1. The van der Waals surface area contributed by atoms with Crippen LogP contribution < -0.4 is 5.73 Å². The van der Waals surface area contributed by atoms with Crippen LogP contribution in [0.2, 0.25) is 5.02 Å². The molecule has 0 radical (unpaired) electrons. The third-order valence-corrected chi connectivity index (χ3v) is 2.33. The zero-order chi connectivity index (χ0) is 11.4. The van der Waals surface area contributed by atoms with E-state index in [-0.39, 0.29) is 0 Å². The normalized spacial score (nSPS) is 11.3. The fourth-order valence-electron chi connectivity index (χ4n) is 1.77. The second-order valence-electron chi connectivity index (χ2n) is 4.48. The van der Waals surface area contributed by atoms with Crippen LogP contribution in [0.3, 0.4) is 0 Å². The second-order valence-corrected chi connectivity index (χ2v) is 4.92. The summed E-state index contributed by atoms with van der Waals surface area (Å²) in [6.45, 7) is 6.39. The lowest BCUT2D eigenvalue weighted by atomic mass is 10.1. The molecule has 0 spiro atoms. The summed E-state index contributed by atoms with van der Waals surface area (Å²) in [6.07, 6.45) is 0. The molecule has 1 aromatic carbocycles. The van der Waals surface area contributed by atoms with E-state index >= 15 is 0 Å². The van der Waals surface area contributed by atoms with Crippen LogP contribution in [-0.4, -0.2) is 18.5 Å². The zero-order valence-electron chi connectivity index (χ0n) is 9.63. The number of hydrogen-bond acceptors (Lipinski definition) is 2. The summed E-state index contributed by atoms with van der Waals surface area (Å²) in [6, 6.07) is 5.71. The van der Waals surface area contributed by atoms with Gasteiger partial charge in [0.25, 0.3) is 0 Å². The van der Waals surface area contributed by atoms with Crippen LogP contribution in [0.25, 0.3) is 0 Å². The lowest BCUT2D eigenvalue weighted by Crippen LogP contribution is -2.22. The molecular formula is C12H19ClN2. The minimum absolute atomic E-state index is 0.673. The predicted octanol–water partition coefficient (Wildman–Crippen LogP) is 3.01. The van der Waals surface area contributed by atoms with Gasteiger partial charge in [-0.1, -0.05) is 25.4 Å². The van der Waals surface area contributed by atoms with Crippen molar-refractivity contribution < 1.29 is 0 Å². The number of halogens is 1. The highest BCUT2D eigenvalue weighted by Gasteiger charge is 2.04. The molecule has 2 N–H and O–H groups in total. The lowest BCUT2D eigenvalue weighted by molar-refractivity contribution is 0.288. The first-order valence-corrected chi connectivity index (χ1v) is 5.58. The van der Waals surface area contributed by atoms with Crippen LogP contribution in [0.15, 0.2) is 18.2 Å². The van der Waals surface area contributed by atoms with Gasteiger partial charge in [0.2, 0.25) is 0 Å². The van der Waals surface area contributed by atoms with E-state index in [9.17, 15) is 0 Å². The Morgan fingerprint density at radius 1 is 1.33 bits per heavy atom. The van der Waals surface area contributed by atoms with Crippen molar-refractivity contribution >= 4 is 17.3 Å². The molecule has 0 aromatic heterocycles. The number of benzene rings is 1. The first-order valence-electron chi connectivity index (χ1n) is 5.21. The molecule has 1 aromatic rings. The average molecular weight is 227 g/mol. The van der Waals surface area contributed by atoms with E-state index in [0.29, 0.717) is 10.9 Å². The first kappa shape index (κ1) is 12.3. The Morgan fingerprint density at radius 2 is 2.00 bits per heavy atom. The fraction of sp³-hybridized carbons (Fsp3) is 0.500. The first-order chi connectivity index (χ1) is 6.97. The monoisotopic (exact) mass is 226 g/mol. The van der Waals surface area contributed by atoms with Crippen LogP contribution >= 0.6 is 11.6 Å². The Hall–Kier alpha value is -0.730. The van der Waals surface area contributed by atoms with Gasteiger partial charge in [-0.25, -0.2) is 0 Å². The lowest BCUT2D eigenvalue weighted by Gasteiger charge is -2.19. The predicted molar refractivity (Wildman–Crippen MR) is 67.0 cm³/mol. The van der Waals surface area contributed by atoms with Gasteiger partial charge >= 0.3 is 0 Å². The molecule has 0 aliphatic heterocycles. The van der Waals surface area contributed by atoms with Gasteiger partial charge in [-0.3, -0.25) is 0 Å².